The van der Waals surface area contributed by atoms with Crippen LogP contribution in [0.1, 0.15) is 179 Å². The maximum atomic E-state index is 10.0. The highest BCUT2D eigenvalue weighted by Crippen LogP contribution is 2.10. The van der Waals surface area contributed by atoms with Crippen LogP contribution in [-0.2, 0) is 33.4 Å². The fourth-order valence-electron chi connectivity index (χ4n) is 5.65. The van der Waals surface area contributed by atoms with Crippen molar-refractivity contribution in [2.75, 3.05) is 93.8 Å². The molecule has 0 spiro atoms. The average Bonchev–Trinajstić information content (AvgIpc) is 3.29. The summed E-state index contributed by atoms with van der Waals surface area (Å²) >= 11 is 0. The van der Waals surface area contributed by atoms with Gasteiger partial charge in [-0.25, -0.2) is 14.4 Å². The van der Waals surface area contributed by atoms with Crippen molar-refractivity contribution in [2.24, 2.45) is 4.99 Å². The lowest BCUT2D eigenvalue weighted by Crippen LogP contribution is -2.49. The van der Waals surface area contributed by atoms with Gasteiger partial charge < -0.3 is 33.9 Å². The Morgan fingerprint density at radius 2 is 0.825 bits per heavy atom. The summed E-state index contributed by atoms with van der Waals surface area (Å²) in [6, 6.07) is 1.75. The van der Waals surface area contributed by atoms with Gasteiger partial charge in [0.05, 0.1) is 67.2 Å². The largest absolute Gasteiger partial charge is 0.539 e. The molecule has 0 aliphatic rings. The van der Waals surface area contributed by atoms with Crippen molar-refractivity contribution >= 4 is 35.8 Å². The fraction of sp³-hybridized carbons (Fsp3) is 0.854. The second-order valence-electron chi connectivity index (χ2n) is 14.9. The molecule has 0 aliphatic carbocycles. The molecule has 0 saturated carbocycles. The quantitative estimate of drug-likeness (QED) is 0.0206. The third kappa shape index (κ3) is 40.4. The van der Waals surface area contributed by atoms with Crippen molar-refractivity contribution in [1.29, 1.82) is 5.26 Å². The van der Waals surface area contributed by atoms with E-state index in [0.29, 0.717) is 0 Å². The number of nitrogens with zero attached hydrogens (tertiary/aromatic N) is 7. The zero-order valence-electron chi connectivity index (χ0n) is 43.3. The molecule has 15 heteroatoms. The Bertz CT molecular complexity index is 1120. The molecule has 0 saturated heterocycles. The number of carbonyl (C=O) groups is 4. The van der Waals surface area contributed by atoms with Gasteiger partial charge in [-0.05, 0) is 65.2 Å². The topological polar surface area (TPSA) is 171 Å². The van der Waals surface area contributed by atoms with Crippen molar-refractivity contribution in [3.05, 3.63) is 0 Å². The molecule has 0 radical (unpaired) electrons. The maximum Gasteiger partial charge on any atom is 0.417 e. The number of carboxylic acid groups (broad SMARTS) is 1. The van der Waals surface area contributed by atoms with Crippen LogP contribution in [0, 0.1) is 11.3 Å². The molecular weight excluding hydrogens is 803 g/mol. The van der Waals surface area contributed by atoms with E-state index in [-0.39, 0.29) is 0 Å². The lowest BCUT2D eigenvalue weighted by atomic mass is 10.2. The number of aliphatic imine (C=N–C) groups is 1. The molecule has 0 unspecified atom stereocenters. The zero-order chi connectivity index (χ0) is 49.3. The van der Waals surface area contributed by atoms with Gasteiger partial charge in [0.1, 0.15) is 0 Å². The van der Waals surface area contributed by atoms with Gasteiger partial charge in [-0.2, -0.15) is 5.26 Å². The summed E-state index contributed by atoms with van der Waals surface area (Å²) in [4.78, 5) is 54.2. The molecule has 0 bridgehead atoms. The Balaban J connectivity index is -0.000000257. The average molecular weight is 900 g/mol. The summed E-state index contributed by atoms with van der Waals surface area (Å²) < 4.78 is 14.4. The summed E-state index contributed by atoms with van der Waals surface area (Å²) in [6.07, 6.45) is 20.3. The Kier molecular flexibility index (Phi) is 56.4. The maximum absolute atomic E-state index is 10.0. The van der Waals surface area contributed by atoms with Crippen LogP contribution in [-0.4, -0.2) is 154 Å². The number of unbranched alkanes of at least 4 members (excludes halogenated alkanes) is 8. The molecule has 0 atom stereocenters. The third-order valence-corrected chi connectivity index (χ3v) is 9.39. The summed E-state index contributed by atoms with van der Waals surface area (Å²) in [7, 11) is 5.46. The Labute approximate surface area is 386 Å². The first kappa shape index (κ1) is 68.0. The van der Waals surface area contributed by atoms with Gasteiger partial charge in [0.15, 0.2) is 11.9 Å². The van der Waals surface area contributed by atoms with E-state index in [1.54, 1.807) is 6.07 Å². The fourth-order valence-corrected chi connectivity index (χ4v) is 5.65. The highest BCUT2D eigenvalue weighted by atomic mass is 16.6. The summed E-state index contributed by atoms with van der Waals surface area (Å²) in [5.41, 5.74) is 0. The van der Waals surface area contributed by atoms with Crippen molar-refractivity contribution in [3.8, 4) is 6.07 Å². The zero-order valence-corrected chi connectivity index (χ0v) is 43.3. The van der Waals surface area contributed by atoms with Gasteiger partial charge in [0, 0.05) is 39.6 Å². The predicted octanol–water partition coefficient (Wildman–Crippen LogP) is 7.75. The second kappa shape index (κ2) is 52.3. The summed E-state index contributed by atoms with van der Waals surface area (Å²) in [5.74, 6) is -2.37. The van der Waals surface area contributed by atoms with Gasteiger partial charge in [-0.15, -0.1) is 0 Å². The number of aliphatic carboxylic acids is 1. The van der Waals surface area contributed by atoms with Gasteiger partial charge in [0.25, 0.3) is 0 Å². The number of rotatable bonds is 26. The lowest BCUT2D eigenvalue weighted by Gasteiger charge is -2.35. The number of hydrogen-bond acceptors (Lipinski definition) is 10. The molecular formula is C48H97N7O8. The van der Waals surface area contributed by atoms with Crippen LogP contribution in [0.4, 0.5) is 0 Å². The van der Waals surface area contributed by atoms with Crippen LogP contribution < -0.4 is 5.11 Å². The predicted molar refractivity (Wildman–Crippen MR) is 258 cm³/mol. The van der Waals surface area contributed by atoms with E-state index in [9.17, 15) is 24.3 Å². The Hall–Kier alpha value is -4.09. The molecule has 0 aromatic heterocycles. The number of methoxy groups -OCH3 is 3. The summed E-state index contributed by atoms with van der Waals surface area (Å²) in [6.45, 7) is 35.6. The number of carboxylic acids is 1. The first-order chi connectivity index (χ1) is 30.2. The number of guanidine groups is 2. The Morgan fingerprint density at radius 1 is 0.540 bits per heavy atom. The molecule has 0 heterocycles. The number of hydrogen-bond donors (Lipinski definition) is 0. The van der Waals surface area contributed by atoms with Crippen molar-refractivity contribution < 1.29 is 43.1 Å². The minimum Gasteiger partial charge on any atom is -0.539 e. The molecule has 372 valence electrons. The van der Waals surface area contributed by atoms with E-state index >= 15 is 0 Å². The van der Waals surface area contributed by atoms with Crippen LogP contribution >= 0.6 is 0 Å². The van der Waals surface area contributed by atoms with E-state index in [1.165, 1.54) is 148 Å². The van der Waals surface area contributed by atoms with Crippen LogP contribution in [0.3, 0.4) is 0 Å². The van der Waals surface area contributed by atoms with Crippen LogP contribution in [0.25, 0.3) is 0 Å². The van der Waals surface area contributed by atoms with E-state index in [2.05, 4.69) is 115 Å². The SMILES string of the molecule is CC#N.CCCCN(CCCC)C(=NCC)N(CCCC)CCCC.CCCCN(CCCC)C(N(C)CC)=[N+](CCCC)CCCC.COC(=O)C(=O)OC.COC(=O)C(=O)[O-]. The molecule has 15 nitrogen and oxygen atoms in total. The molecule has 63 heavy (non-hydrogen) atoms. The molecule has 0 aliphatic heterocycles. The molecule has 0 fully saturated rings. The van der Waals surface area contributed by atoms with Crippen LogP contribution in [0.15, 0.2) is 4.99 Å². The number of ether oxygens (including phenoxy) is 3. The van der Waals surface area contributed by atoms with E-state index in [0.717, 1.165) is 60.6 Å². The molecule has 0 rings (SSSR count). The van der Waals surface area contributed by atoms with Gasteiger partial charge in [-0.3, -0.25) is 19.4 Å². The summed E-state index contributed by atoms with van der Waals surface area (Å²) in [5, 5.41) is 16.7. The molecule has 0 amide bonds. The van der Waals surface area contributed by atoms with Crippen molar-refractivity contribution in [2.45, 2.75) is 179 Å². The van der Waals surface area contributed by atoms with Gasteiger partial charge in [0.2, 0.25) is 0 Å². The monoisotopic (exact) mass is 900 g/mol. The Morgan fingerprint density at radius 3 is 1.03 bits per heavy atom. The number of carbonyl (C=O) groups excluding carboxylic acids is 4. The van der Waals surface area contributed by atoms with Gasteiger partial charge >= 0.3 is 23.9 Å². The third-order valence-electron chi connectivity index (χ3n) is 9.39. The normalized spacial score (nSPS) is 9.56. The second-order valence-corrected chi connectivity index (χ2v) is 14.9. The minimum absolute atomic E-state index is 0.888. The minimum atomic E-state index is -1.82. The van der Waals surface area contributed by atoms with E-state index in [4.69, 9.17) is 10.3 Å². The standard InChI is InChI=1S/C20H44N3.C19H41N3.C4H6O4.C3H4O4.C2H3N/c1-7-12-16-22(17-13-8-2)20(21(6)11-5)23(18-14-9-3)19-15-10-4;1-6-11-15-21(16-12-7-2)19(20-10-5)22(17-13-8-3)18-14-9-4;1-7-3(5)4(6)8-2;1-7-3(6)2(4)5;1-2-3/h7-19H2,1-6H3;6-18H2,1-5H3;1-2H3;1H3,(H,4,5);1H3/q+1;;;;/p-1. The number of esters is 3. The van der Waals surface area contributed by atoms with Crippen molar-refractivity contribution in [3.63, 3.8) is 0 Å². The first-order valence-corrected chi connectivity index (χ1v) is 24.1. The first-order valence-electron chi connectivity index (χ1n) is 24.1. The molecule has 0 aromatic rings. The number of nitriles is 1. The van der Waals surface area contributed by atoms with E-state index < -0.39 is 23.9 Å². The van der Waals surface area contributed by atoms with Crippen molar-refractivity contribution in [1.82, 2.24) is 19.6 Å². The highest BCUT2D eigenvalue weighted by Gasteiger charge is 2.25. The highest BCUT2D eigenvalue weighted by molar-refractivity contribution is 6.29. The van der Waals surface area contributed by atoms with Gasteiger partial charge in [-0.1, -0.05) is 107 Å². The lowest BCUT2D eigenvalue weighted by molar-refractivity contribution is -0.538. The smallest absolute Gasteiger partial charge is 0.417 e. The van der Waals surface area contributed by atoms with Crippen LogP contribution in [0.5, 0.6) is 0 Å². The van der Waals surface area contributed by atoms with E-state index in [1.807, 2.05) is 0 Å². The van der Waals surface area contributed by atoms with Crippen LogP contribution in [0.2, 0.25) is 0 Å². The molecule has 0 N–H and O–H groups in total. The molecule has 0 aromatic carbocycles.